The standard InChI is InChI=1S/C13H15F2N3O/c1-13(2,19)7-18-6-8(5-17-18)9-3-11(15)12(16)4-10(9)14/h3-6,19H,7,16H2,1-2H3. The number of hydrogen-bond donors (Lipinski definition) is 2. The average Bonchev–Trinajstić information content (AvgIpc) is 2.69. The van der Waals surface area contributed by atoms with Crippen LogP contribution in [-0.4, -0.2) is 20.5 Å². The van der Waals surface area contributed by atoms with Crippen molar-refractivity contribution in [2.45, 2.75) is 26.0 Å². The van der Waals surface area contributed by atoms with Crippen molar-refractivity contribution >= 4 is 5.69 Å². The first-order valence-corrected chi connectivity index (χ1v) is 5.76. The lowest BCUT2D eigenvalue weighted by Gasteiger charge is -2.16. The molecule has 0 bridgehead atoms. The van der Waals surface area contributed by atoms with E-state index in [0.717, 1.165) is 12.1 Å². The molecule has 0 saturated heterocycles. The SMILES string of the molecule is CC(C)(O)Cn1cc(-c2cc(F)c(N)cc2F)cn1. The van der Waals surface area contributed by atoms with Crippen LogP contribution in [0.1, 0.15) is 13.8 Å². The van der Waals surface area contributed by atoms with Gasteiger partial charge in [-0.25, -0.2) is 8.78 Å². The highest BCUT2D eigenvalue weighted by Gasteiger charge is 2.16. The van der Waals surface area contributed by atoms with E-state index in [1.807, 2.05) is 0 Å². The summed E-state index contributed by atoms with van der Waals surface area (Å²) in [5.74, 6) is -1.28. The van der Waals surface area contributed by atoms with Crippen molar-refractivity contribution in [3.8, 4) is 11.1 Å². The van der Waals surface area contributed by atoms with Crippen molar-refractivity contribution in [3.63, 3.8) is 0 Å². The van der Waals surface area contributed by atoms with E-state index in [9.17, 15) is 13.9 Å². The normalized spacial score (nSPS) is 11.8. The smallest absolute Gasteiger partial charge is 0.146 e. The van der Waals surface area contributed by atoms with Crippen molar-refractivity contribution in [1.29, 1.82) is 0 Å². The number of rotatable bonds is 3. The Kier molecular flexibility index (Phi) is 3.28. The summed E-state index contributed by atoms with van der Waals surface area (Å²) in [7, 11) is 0. The molecule has 0 spiro atoms. The third-order valence-corrected chi connectivity index (χ3v) is 2.58. The number of aromatic nitrogens is 2. The van der Waals surface area contributed by atoms with Gasteiger partial charge in [0.2, 0.25) is 0 Å². The van der Waals surface area contributed by atoms with Gasteiger partial charge in [0.25, 0.3) is 0 Å². The molecule has 1 aromatic carbocycles. The highest BCUT2D eigenvalue weighted by atomic mass is 19.1. The first kappa shape index (κ1) is 13.5. The summed E-state index contributed by atoms with van der Waals surface area (Å²) in [5.41, 5.74) is 4.64. The van der Waals surface area contributed by atoms with E-state index in [0.29, 0.717) is 5.56 Å². The number of benzene rings is 1. The number of halogens is 2. The Labute approximate surface area is 109 Å². The molecule has 4 nitrogen and oxygen atoms in total. The number of hydrogen-bond acceptors (Lipinski definition) is 3. The predicted molar refractivity (Wildman–Crippen MR) is 68.3 cm³/mol. The molecule has 0 aliphatic heterocycles. The summed E-state index contributed by atoms with van der Waals surface area (Å²) in [6.07, 6.45) is 2.96. The third-order valence-electron chi connectivity index (χ3n) is 2.58. The van der Waals surface area contributed by atoms with E-state index in [-0.39, 0.29) is 17.8 Å². The molecule has 19 heavy (non-hydrogen) atoms. The van der Waals surface area contributed by atoms with Crippen LogP contribution in [0.3, 0.4) is 0 Å². The minimum Gasteiger partial charge on any atom is -0.396 e. The van der Waals surface area contributed by atoms with Gasteiger partial charge in [0.1, 0.15) is 11.6 Å². The van der Waals surface area contributed by atoms with Gasteiger partial charge in [-0.3, -0.25) is 4.68 Å². The third kappa shape index (κ3) is 3.08. The zero-order valence-corrected chi connectivity index (χ0v) is 10.7. The summed E-state index contributed by atoms with van der Waals surface area (Å²) in [6, 6.07) is 1.98. The van der Waals surface area contributed by atoms with Crippen molar-refractivity contribution in [1.82, 2.24) is 9.78 Å². The molecule has 0 fully saturated rings. The van der Waals surface area contributed by atoms with Crippen LogP contribution >= 0.6 is 0 Å². The lowest BCUT2D eigenvalue weighted by molar-refractivity contribution is 0.0577. The molecule has 2 rings (SSSR count). The number of nitrogens with zero attached hydrogens (tertiary/aromatic N) is 2. The van der Waals surface area contributed by atoms with Gasteiger partial charge in [-0.15, -0.1) is 0 Å². The van der Waals surface area contributed by atoms with Crippen LogP contribution in [0, 0.1) is 11.6 Å². The summed E-state index contributed by atoms with van der Waals surface area (Å²) >= 11 is 0. The van der Waals surface area contributed by atoms with Gasteiger partial charge >= 0.3 is 0 Å². The highest BCUT2D eigenvalue weighted by Crippen LogP contribution is 2.26. The average molecular weight is 267 g/mol. The zero-order chi connectivity index (χ0) is 14.2. The van der Waals surface area contributed by atoms with Gasteiger partial charge in [0, 0.05) is 23.4 Å². The van der Waals surface area contributed by atoms with Crippen molar-refractivity contribution in [3.05, 3.63) is 36.2 Å². The monoisotopic (exact) mass is 267 g/mol. The van der Waals surface area contributed by atoms with E-state index < -0.39 is 17.2 Å². The summed E-state index contributed by atoms with van der Waals surface area (Å²) < 4.78 is 28.6. The van der Waals surface area contributed by atoms with Crippen LogP contribution in [0.5, 0.6) is 0 Å². The molecule has 6 heteroatoms. The molecule has 0 radical (unpaired) electrons. The minimum absolute atomic E-state index is 0.0914. The van der Waals surface area contributed by atoms with Gasteiger partial charge in [-0.2, -0.15) is 5.10 Å². The fourth-order valence-electron chi connectivity index (χ4n) is 1.77. The van der Waals surface area contributed by atoms with Crippen molar-refractivity contribution in [2.75, 3.05) is 5.73 Å². The molecule has 102 valence electrons. The number of nitrogen functional groups attached to an aromatic ring is 1. The van der Waals surface area contributed by atoms with Crippen LogP contribution in [0.2, 0.25) is 0 Å². The fourth-order valence-corrected chi connectivity index (χ4v) is 1.77. The van der Waals surface area contributed by atoms with E-state index in [4.69, 9.17) is 5.73 Å². The Hall–Kier alpha value is -1.95. The molecule has 0 amide bonds. The largest absolute Gasteiger partial charge is 0.396 e. The summed E-state index contributed by atoms with van der Waals surface area (Å²) in [5, 5.41) is 13.7. The van der Waals surface area contributed by atoms with E-state index >= 15 is 0 Å². The number of aliphatic hydroxyl groups is 1. The maximum absolute atomic E-state index is 13.7. The Bertz CT molecular complexity index is 602. The van der Waals surface area contributed by atoms with Gasteiger partial charge in [0.15, 0.2) is 0 Å². The molecular formula is C13H15F2N3O. The van der Waals surface area contributed by atoms with E-state index in [1.54, 1.807) is 20.0 Å². The Morgan fingerprint density at radius 2 is 2.00 bits per heavy atom. The Balaban J connectivity index is 2.36. The molecule has 0 aliphatic rings. The van der Waals surface area contributed by atoms with Crippen LogP contribution in [-0.2, 0) is 6.54 Å². The molecular weight excluding hydrogens is 252 g/mol. The lowest BCUT2D eigenvalue weighted by Crippen LogP contribution is -2.26. The van der Waals surface area contributed by atoms with Crippen molar-refractivity contribution in [2.24, 2.45) is 0 Å². The predicted octanol–water partition coefficient (Wildman–Crippen LogP) is 2.18. The molecule has 1 aromatic heterocycles. The Morgan fingerprint density at radius 3 is 2.63 bits per heavy atom. The molecule has 0 aliphatic carbocycles. The van der Waals surface area contributed by atoms with Gasteiger partial charge in [0.05, 0.1) is 24.0 Å². The van der Waals surface area contributed by atoms with Crippen LogP contribution < -0.4 is 5.73 Å². The van der Waals surface area contributed by atoms with Crippen LogP contribution in [0.25, 0.3) is 11.1 Å². The molecule has 3 N–H and O–H groups in total. The Morgan fingerprint density at radius 1 is 1.32 bits per heavy atom. The summed E-state index contributed by atoms with van der Waals surface area (Å²) in [6.45, 7) is 3.53. The summed E-state index contributed by atoms with van der Waals surface area (Å²) in [4.78, 5) is 0. The van der Waals surface area contributed by atoms with Crippen LogP contribution in [0.4, 0.5) is 14.5 Å². The first-order valence-electron chi connectivity index (χ1n) is 5.76. The van der Waals surface area contributed by atoms with Crippen molar-refractivity contribution < 1.29 is 13.9 Å². The molecule has 2 aromatic rings. The zero-order valence-electron chi connectivity index (χ0n) is 10.7. The highest BCUT2D eigenvalue weighted by molar-refractivity contribution is 5.65. The number of nitrogens with two attached hydrogens (primary N) is 1. The molecule has 1 heterocycles. The maximum Gasteiger partial charge on any atom is 0.146 e. The second kappa shape index (κ2) is 4.62. The molecule has 0 unspecified atom stereocenters. The lowest BCUT2D eigenvalue weighted by atomic mass is 10.1. The maximum atomic E-state index is 13.7. The fraction of sp³-hybridized carbons (Fsp3) is 0.308. The minimum atomic E-state index is -0.936. The first-order chi connectivity index (χ1) is 8.76. The molecule has 0 saturated carbocycles. The van der Waals surface area contributed by atoms with Gasteiger partial charge < -0.3 is 10.8 Å². The van der Waals surface area contributed by atoms with Gasteiger partial charge in [-0.05, 0) is 19.9 Å². The second-order valence-corrected chi connectivity index (χ2v) is 5.09. The second-order valence-electron chi connectivity index (χ2n) is 5.09. The van der Waals surface area contributed by atoms with Crippen LogP contribution in [0.15, 0.2) is 24.5 Å². The number of anilines is 1. The van der Waals surface area contributed by atoms with E-state index in [2.05, 4.69) is 5.10 Å². The quantitative estimate of drug-likeness (QED) is 0.838. The topological polar surface area (TPSA) is 64.1 Å². The van der Waals surface area contributed by atoms with E-state index in [1.165, 1.54) is 10.9 Å². The molecule has 0 atom stereocenters. The van der Waals surface area contributed by atoms with Gasteiger partial charge in [-0.1, -0.05) is 0 Å².